The van der Waals surface area contributed by atoms with Crippen molar-refractivity contribution >= 4 is 29.0 Å². The predicted octanol–water partition coefficient (Wildman–Crippen LogP) is 4.29. The van der Waals surface area contributed by atoms with Gasteiger partial charge in [0.15, 0.2) is 11.6 Å². The zero-order valence-electron chi connectivity index (χ0n) is 13.3. The molecular formula is C17H13F4NO3S. The van der Waals surface area contributed by atoms with Gasteiger partial charge in [0.2, 0.25) is 0 Å². The number of Topliss-reactive ketones (excluding diaryl/α,β-unsaturated/α-hetero) is 2. The van der Waals surface area contributed by atoms with Crippen molar-refractivity contribution in [2.75, 3.05) is 6.54 Å². The van der Waals surface area contributed by atoms with Crippen LogP contribution in [-0.2, 0) is 4.79 Å². The summed E-state index contributed by atoms with van der Waals surface area (Å²) in [4.78, 5) is 28.1. The number of rotatable bonds is 5. The second kappa shape index (κ2) is 6.86. The molecule has 3 rings (SSSR count). The SMILES string of the molecule is O=C(CCC(=O)c1ccc2c(c1)OC(F)(F)C(F)(F)S2)C1=NCCC=C1. The Balaban J connectivity index is 1.69. The summed E-state index contributed by atoms with van der Waals surface area (Å²) in [5, 5.41) is -4.40. The average Bonchev–Trinajstić information content (AvgIpc) is 2.60. The third-order valence-electron chi connectivity index (χ3n) is 3.80. The van der Waals surface area contributed by atoms with Crippen molar-refractivity contribution in [2.24, 2.45) is 4.99 Å². The molecule has 0 N–H and O–H groups in total. The van der Waals surface area contributed by atoms with Gasteiger partial charge in [0.25, 0.3) is 0 Å². The number of carbonyl (C=O) groups is 2. The summed E-state index contributed by atoms with van der Waals surface area (Å²) in [5.41, 5.74) is 0.315. The van der Waals surface area contributed by atoms with Gasteiger partial charge < -0.3 is 4.74 Å². The van der Waals surface area contributed by atoms with E-state index in [1.807, 2.05) is 6.08 Å². The normalized spacial score (nSPS) is 19.9. The monoisotopic (exact) mass is 387 g/mol. The van der Waals surface area contributed by atoms with Gasteiger partial charge in [0.05, 0.1) is 4.90 Å². The van der Waals surface area contributed by atoms with E-state index in [0.29, 0.717) is 12.3 Å². The van der Waals surface area contributed by atoms with Crippen LogP contribution in [-0.4, -0.2) is 35.2 Å². The van der Waals surface area contributed by atoms with Crippen LogP contribution in [0.15, 0.2) is 40.2 Å². The number of fused-ring (bicyclic) bond motifs is 1. The molecule has 0 saturated carbocycles. The topological polar surface area (TPSA) is 55.7 Å². The van der Waals surface area contributed by atoms with Crippen LogP contribution in [0.25, 0.3) is 0 Å². The first-order valence-corrected chi connectivity index (χ1v) is 8.56. The molecule has 4 nitrogen and oxygen atoms in total. The van der Waals surface area contributed by atoms with E-state index in [4.69, 9.17) is 0 Å². The highest BCUT2D eigenvalue weighted by Crippen LogP contribution is 2.54. The molecule has 1 aromatic rings. The van der Waals surface area contributed by atoms with E-state index in [1.165, 1.54) is 6.07 Å². The Hall–Kier alpha value is -2.16. The van der Waals surface area contributed by atoms with Crippen LogP contribution in [0, 0.1) is 0 Å². The van der Waals surface area contributed by atoms with Gasteiger partial charge >= 0.3 is 11.4 Å². The molecule has 0 fully saturated rings. The van der Waals surface area contributed by atoms with E-state index < -0.39 is 22.9 Å². The van der Waals surface area contributed by atoms with Crippen LogP contribution < -0.4 is 4.74 Å². The molecule has 0 saturated heterocycles. The highest BCUT2D eigenvalue weighted by molar-refractivity contribution is 8.00. The molecule has 1 aromatic carbocycles. The van der Waals surface area contributed by atoms with E-state index >= 15 is 0 Å². The van der Waals surface area contributed by atoms with Gasteiger partial charge in [-0.1, -0.05) is 12.1 Å². The van der Waals surface area contributed by atoms with Gasteiger partial charge in [-0.2, -0.15) is 17.6 Å². The first-order valence-electron chi connectivity index (χ1n) is 7.75. The minimum atomic E-state index is -4.67. The highest BCUT2D eigenvalue weighted by atomic mass is 32.2. The Morgan fingerprint density at radius 1 is 1.15 bits per heavy atom. The van der Waals surface area contributed by atoms with Crippen molar-refractivity contribution in [2.45, 2.75) is 35.5 Å². The molecule has 0 radical (unpaired) electrons. The summed E-state index contributed by atoms with van der Waals surface area (Å²) in [5.74, 6) is -1.25. The Morgan fingerprint density at radius 3 is 2.58 bits per heavy atom. The number of benzene rings is 1. The number of ether oxygens (including phenoxy) is 1. The zero-order chi connectivity index (χ0) is 18.9. The largest absolute Gasteiger partial charge is 0.475 e. The van der Waals surface area contributed by atoms with E-state index in [1.54, 1.807) is 6.08 Å². The number of thioether (sulfide) groups is 1. The standard InChI is InChI=1S/C17H13F4NO3S/c18-16(19)17(20,21)26-15-7-4-10(9-14(15)25-16)12(23)5-6-13(24)11-3-1-2-8-22-11/h1,3-4,7,9H,2,5-6,8H2. The number of aliphatic imine (C=N–C) groups is 1. The number of halogens is 4. The third-order valence-corrected chi connectivity index (χ3v) is 4.85. The second-order valence-corrected chi connectivity index (χ2v) is 6.86. The summed E-state index contributed by atoms with van der Waals surface area (Å²) in [6, 6.07) is 3.38. The average molecular weight is 387 g/mol. The quantitative estimate of drug-likeness (QED) is 0.559. The van der Waals surface area contributed by atoms with Gasteiger partial charge in [-0.3, -0.25) is 14.6 Å². The number of carbonyl (C=O) groups excluding carboxylic acids is 2. The molecule has 2 heterocycles. The van der Waals surface area contributed by atoms with E-state index in [9.17, 15) is 27.2 Å². The number of ketones is 2. The number of allylic oxidation sites excluding steroid dienone is 1. The number of nitrogens with zero attached hydrogens (tertiary/aromatic N) is 1. The maximum atomic E-state index is 13.3. The van der Waals surface area contributed by atoms with Crippen LogP contribution >= 0.6 is 11.8 Å². The molecule has 2 aliphatic heterocycles. The highest BCUT2D eigenvalue weighted by Gasteiger charge is 2.63. The minimum Gasteiger partial charge on any atom is -0.426 e. The van der Waals surface area contributed by atoms with E-state index in [0.717, 1.165) is 18.6 Å². The fraction of sp³-hybridized carbons (Fsp3) is 0.353. The van der Waals surface area contributed by atoms with Gasteiger partial charge in [-0.05, 0) is 36.4 Å². The third kappa shape index (κ3) is 3.67. The van der Waals surface area contributed by atoms with Crippen molar-refractivity contribution in [3.05, 3.63) is 35.9 Å². The Bertz CT molecular complexity index is 820. The van der Waals surface area contributed by atoms with Crippen molar-refractivity contribution in [1.29, 1.82) is 0 Å². The smallest absolute Gasteiger partial charge is 0.426 e. The van der Waals surface area contributed by atoms with E-state index in [-0.39, 0.29) is 40.8 Å². The molecule has 0 bridgehead atoms. The minimum absolute atomic E-state index is 0.0132. The summed E-state index contributed by atoms with van der Waals surface area (Å²) >= 11 is -0.319. The van der Waals surface area contributed by atoms with Crippen LogP contribution in [0.5, 0.6) is 5.75 Å². The van der Waals surface area contributed by atoms with Crippen molar-refractivity contribution < 1.29 is 31.9 Å². The first kappa shape index (κ1) is 18.6. The molecule has 26 heavy (non-hydrogen) atoms. The number of dihydropyridines is 1. The molecule has 0 aliphatic carbocycles. The van der Waals surface area contributed by atoms with Gasteiger partial charge in [-0.15, -0.1) is 0 Å². The molecule has 0 unspecified atom stereocenters. The lowest BCUT2D eigenvalue weighted by Gasteiger charge is -2.31. The maximum absolute atomic E-state index is 13.3. The Labute approximate surface area is 150 Å². The van der Waals surface area contributed by atoms with E-state index in [2.05, 4.69) is 9.73 Å². The second-order valence-electron chi connectivity index (χ2n) is 5.70. The van der Waals surface area contributed by atoms with Crippen molar-refractivity contribution in [1.82, 2.24) is 0 Å². The summed E-state index contributed by atoms with van der Waals surface area (Å²) < 4.78 is 57.3. The van der Waals surface area contributed by atoms with Gasteiger partial charge in [0, 0.05) is 24.9 Å². The first-order chi connectivity index (χ1) is 12.2. The van der Waals surface area contributed by atoms with Crippen molar-refractivity contribution in [3.8, 4) is 5.75 Å². The predicted molar refractivity (Wildman–Crippen MR) is 87.5 cm³/mol. The Morgan fingerprint density at radius 2 is 1.88 bits per heavy atom. The summed E-state index contributed by atoms with van der Waals surface area (Å²) in [6.45, 7) is 0.518. The van der Waals surface area contributed by atoms with Crippen LogP contribution in [0.3, 0.4) is 0 Å². The molecule has 0 spiro atoms. The lowest BCUT2D eigenvalue weighted by atomic mass is 10.0. The molecule has 9 heteroatoms. The molecule has 2 aliphatic rings. The Kier molecular flexibility index (Phi) is 4.92. The molecule has 138 valence electrons. The maximum Gasteiger partial charge on any atom is 0.475 e. The van der Waals surface area contributed by atoms with Gasteiger partial charge in [0.1, 0.15) is 11.5 Å². The van der Waals surface area contributed by atoms with Gasteiger partial charge in [-0.25, -0.2) is 0 Å². The fourth-order valence-corrected chi connectivity index (χ4v) is 3.20. The lowest BCUT2D eigenvalue weighted by Crippen LogP contribution is -2.45. The lowest BCUT2D eigenvalue weighted by molar-refractivity contribution is -0.273. The number of alkyl halides is 4. The zero-order valence-corrected chi connectivity index (χ0v) is 14.1. The molecule has 0 atom stereocenters. The summed E-state index contributed by atoms with van der Waals surface area (Å²) in [6.07, 6.45) is -0.730. The molecule has 0 amide bonds. The number of hydrogen-bond acceptors (Lipinski definition) is 5. The van der Waals surface area contributed by atoms with Crippen molar-refractivity contribution in [3.63, 3.8) is 0 Å². The summed E-state index contributed by atoms with van der Waals surface area (Å²) in [7, 11) is 0. The molecular weight excluding hydrogens is 374 g/mol. The fourth-order valence-electron chi connectivity index (χ4n) is 2.43. The molecule has 0 aromatic heterocycles. The van der Waals surface area contributed by atoms with Crippen LogP contribution in [0.1, 0.15) is 29.6 Å². The number of hydrogen-bond donors (Lipinski definition) is 0. The van der Waals surface area contributed by atoms with Crippen LogP contribution in [0.4, 0.5) is 17.6 Å². The van der Waals surface area contributed by atoms with Crippen LogP contribution in [0.2, 0.25) is 0 Å².